The van der Waals surface area contributed by atoms with Gasteiger partial charge in [0.1, 0.15) is 17.2 Å². The number of ether oxygens (including phenoxy) is 2. The molecule has 1 amide bonds. The molecule has 0 aliphatic carbocycles. The van der Waals surface area contributed by atoms with Gasteiger partial charge < -0.3 is 24.6 Å². The monoisotopic (exact) mass is 406 g/mol. The smallest absolute Gasteiger partial charge is 0.255 e. The maximum Gasteiger partial charge on any atom is 0.255 e. The average Bonchev–Trinajstić information content (AvgIpc) is 2.68. The Bertz CT molecular complexity index is 577. The van der Waals surface area contributed by atoms with Crippen molar-refractivity contribution in [2.45, 2.75) is 18.4 Å². The molecule has 0 radical (unpaired) electrons. The molecule has 1 aromatic rings. The van der Waals surface area contributed by atoms with E-state index in [-0.39, 0.29) is 30.7 Å². The number of carbonyl (C=O) groups excluding carboxylic acids is 1. The van der Waals surface area contributed by atoms with Gasteiger partial charge in [0.2, 0.25) is 0 Å². The van der Waals surface area contributed by atoms with E-state index in [4.69, 9.17) is 9.47 Å². The fourth-order valence-electron chi connectivity index (χ4n) is 3.46. The highest BCUT2D eigenvalue weighted by Crippen LogP contribution is 2.26. The lowest BCUT2D eigenvalue weighted by Gasteiger charge is -2.42. The van der Waals surface area contributed by atoms with Crippen LogP contribution in [0.15, 0.2) is 18.3 Å². The fraction of sp³-hybridized carbons (Fsp3) is 0.647. The van der Waals surface area contributed by atoms with Gasteiger partial charge in [-0.3, -0.25) is 4.79 Å². The third-order valence-corrected chi connectivity index (χ3v) is 5.04. The Kier molecular flexibility index (Phi) is 8.89. The quantitative estimate of drug-likeness (QED) is 0.813. The van der Waals surface area contributed by atoms with Crippen molar-refractivity contribution in [2.75, 3.05) is 58.4 Å². The molecule has 2 aliphatic heterocycles. The summed E-state index contributed by atoms with van der Waals surface area (Å²) in [7, 11) is 3.30. The number of nitrogens with zero attached hydrogens (tertiary/aromatic N) is 3. The summed E-state index contributed by atoms with van der Waals surface area (Å²) >= 11 is 0. The number of nitrogens with one attached hydrogen (secondary N) is 1. The maximum absolute atomic E-state index is 13.0. The Balaban J connectivity index is 0.00000169. The minimum atomic E-state index is -0.651. The minimum absolute atomic E-state index is 0. The molecule has 3 heterocycles. The second-order valence-electron chi connectivity index (χ2n) is 6.28. The molecule has 0 spiro atoms. The van der Waals surface area contributed by atoms with E-state index in [9.17, 15) is 4.79 Å². The molecule has 2 saturated heterocycles. The van der Waals surface area contributed by atoms with E-state index in [1.165, 1.54) is 0 Å². The molecule has 2 fully saturated rings. The molecular formula is C17H28Cl2N4O3. The molecule has 148 valence electrons. The Morgan fingerprint density at radius 1 is 1.15 bits per heavy atom. The van der Waals surface area contributed by atoms with Crippen molar-refractivity contribution in [1.29, 1.82) is 0 Å². The van der Waals surface area contributed by atoms with Crippen molar-refractivity contribution in [3.63, 3.8) is 0 Å². The molecule has 0 bridgehead atoms. The van der Waals surface area contributed by atoms with Crippen molar-refractivity contribution >= 4 is 36.5 Å². The largest absolute Gasteiger partial charge is 0.497 e. The van der Waals surface area contributed by atoms with Gasteiger partial charge in [-0.25, -0.2) is 4.98 Å². The van der Waals surface area contributed by atoms with E-state index in [1.54, 1.807) is 20.4 Å². The molecule has 1 N–H and O–H groups in total. The summed E-state index contributed by atoms with van der Waals surface area (Å²) in [5.74, 6) is 1.82. The SMILES string of the molecule is COc1ccnc(N2CCN(C(=O)C3(OC)CCNCC3)CC2)c1.Cl.Cl. The number of hydrogen-bond donors (Lipinski definition) is 1. The molecule has 3 rings (SSSR count). The predicted octanol–water partition coefficient (Wildman–Crippen LogP) is 1.35. The normalized spacial score (nSPS) is 19.2. The number of anilines is 1. The molecule has 26 heavy (non-hydrogen) atoms. The fourth-order valence-corrected chi connectivity index (χ4v) is 3.46. The molecule has 9 heteroatoms. The van der Waals surface area contributed by atoms with Gasteiger partial charge in [0.05, 0.1) is 7.11 Å². The van der Waals surface area contributed by atoms with E-state index in [1.807, 2.05) is 17.0 Å². The van der Waals surface area contributed by atoms with Crippen LogP contribution in [0.2, 0.25) is 0 Å². The van der Waals surface area contributed by atoms with E-state index in [0.717, 1.165) is 50.6 Å². The van der Waals surface area contributed by atoms with E-state index >= 15 is 0 Å². The summed E-state index contributed by atoms with van der Waals surface area (Å²) in [6.45, 7) is 4.57. The number of amides is 1. The Hall–Kier alpha value is -1.28. The van der Waals surface area contributed by atoms with Gasteiger partial charge in [-0.05, 0) is 32.0 Å². The third-order valence-electron chi connectivity index (χ3n) is 5.04. The number of halogens is 2. The van der Waals surface area contributed by atoms with Crippen LogP contribution in [-0.2, 0) is 9.53 Å². The number of hydrogen-bond acceptors (Lipinski definition) is 6. The van der Waals surface area contributed by atoms with Crippen molar-refractivity contribution < 1.29 is 14.3 Å². The molecule has 1 aromatic heterocycles. The van der Waals surface area contributed by atoms with Gasteiger partial charge in [0.25, 0.3) is 5.91 Å². The number of piperidine rings is 1. The summed E-state index contributed by atoms with van der Waals surface area (Å²) in [6.07, 6.45) is 3.22. The zero-order valence-electron chi connectivity index (χ0n) is 15.3. The summed E-state index contributed by atoms with van der Waals surface area (Å²) in [6, 6.07) is 3.77. The Morgan fingerprint density at radius 3 is 2.38 bits per heavy atom. The highest BCUT2D eigenvalue weighted by Gasteiger charge is 2.43. The number of aromatic nitrogens is 1. The standard InChI is InChI=1S/C17H26N4O3.2ClH/c1-23-14-3-6-19-15(13-14)20-9-11-21(12-10-20)16(22)17(24-2)4-7-18-8-5-17;;/h3,6,13,18H,4-5,7-12H2,1-2H3;2*1H. The van der Waals surface area contributed by atoms with Crippen LogP contribution in [0, 0.1) is 0 Å². The molecule has 2 aliphatic rings. The molecular weight excluding hydrogens is 379 g/mol. The van der Waals surface area contributed by atoms with Gasteiger partial charge in [-0.2, -0.15) is 0 Å². The number of piperazine rings is 1. The van der Waals surface area contributed by atoms with E-state index in [0.29, 0.717) is 13.1 Å². The first-order valence-electron chi connectivity index (χ1n) is 8.49. The van der Waals surface area contributed by atoms with Gasteiger partial charge >= 0.3 is 0 Å². The van der Waals surface area contributed by atoms with Gasteiger partial charge in [0.15, 0.2) is 0 Å². The van der Waals surface area contributed by atoms with Crippen molar-refractivity contribution in [3.05, 3.63) is 18.3 Å². The van der Waals surface area contributed by atoms with Crippen LogP contribution in [0.4, 0.5) is 5.82 Å². The highest BCUT2D eigenvalue weighted by molar-refractivity contribution is 5.86. The maximum atomic E-state index is 13.0. The van der Waals surface area contributed by atoms with Crippen molar-refractivity contribution in [3.8, 4) is 5.75 Å². The topological polar surface area (TPSA) is 66.9 Å². The van der Waals surface area contributed by atoms with Crippen LogP contribution in [0.3, 0.4) is 0 Å². The lowest BCUT2D eigenvalue weighted by atomic mass is 9.90. The first-order chi connectivity index (χ1) is 11.7. The first kappa shape index (κ1) is 22.8. The van der Waals surface area contributed by atoms with Crippen LogP contribution >= 0.6 is 24.8 Å². The number of methoxy groups -OCH3 is 2. The van der Waals surface area contributed by atoms with Crippen LogP contribution < -0.4 is 15.0 Å². The number of rotatable bonds is 4. The van der Waals surface area contributed by atoms with Gasteiger partial charge in [-0.15, -0.1) is 24.8 Å². The summed E-state index contributed by atoms with van der Waals surface area (Å²) in [4.78, 5) is 21.5. The van der Waals surface area contributed by atoms with Gasteiger partial charge in [0, 0.05) is 45.6 Å². The summed E-state index contributed by atoms with van der Waals surface area (Å²) in [5.41, 5.74) is -0.651. The second-order valence-corrected chi connectivity index (χ2v) is 6.28. The highest BCUT2D eigenvalue weighted by atomic mass is 35.5. The average molecular weight is 407 g/mol. The third kappa shape index (κ3) is 4.71. The van der Waals surface area contributed by atoms with Crippen LogP contribution in [-0.4, -0.2) is 74.9 Å². The lowest BCUT2D eigenvalue weighted by Crippen LogP contribution is -2.59. The van der Waals surface area contributed by atoms with E-state index in [2.05, 4.69) is 15.2 Å². The minimum Gasteiger partial charge on any atom is -0.497 e. The number of carbonyl (C=O) groups is 1. The summed E-state index contributed by atoms with van der Waals surface area (Å²) < 4.78 is 10.9. The molecule has 0 unspecified atom stereocenters. The predicted molar refractivity (Wildman–Crippen MR) is 106 cm³/mol. The van der Waals surface area contributed by atoms with Crippen LogP contribution in [0.1, 0.15) is 12.8 Å². The summed E-state index contributed by atoms with van der Waals surface area (Å²) in [5, 5.41) is 3.29. The van der Waals surface area contributed by atoms with Crippen LogP contribution in [0.25, 0.3) is 0 Å². The molecule has 7 nitrogen and oxygen atoms in total. The van der Waals surface area contributed by atoms with E-state index < -0.39 is 5.60 Å². The zero-order chi connectivity index (χ0) is 17.0. The van der Waals surface area contributed by atoms with Crippen molar-refractivity contribution in [2.24, 2.45) is 0 Å². The van der Waals surface area contributed by atoms with Gasteiger partial charge in [-0.1, -0.05) is 0 Å². The molecule has 0 saturated carbocycles. The zero-order valence-corrected chi connectivity index (χ0v) is 16.9. The lowest BCUT2D eigenvalue weighted by molar-refractivity contribution is -0.158. The number of pyridine rings is 1. The Morgan fingerprint density at radius 2 is 1.81 bits per heavy atom. The molecule has 0 aromatic carbocycles. The molecule has 0 atom stereocenters. The van der Waals surface area contributed by atoms with Crippen LogP contribution in [0.5, 0.6) is 5.75 Å². The Labute approximate surface area is 167 Å². The first-order valence-corrected chi connectivity index (χ1v) is 8.49. The second kappa shape index (κ2) is 10.2. The van der Waals surface area contributed by atoms with Crippen molar-refractivity contribution in [1.82, 2.24) is 15.2 Å².